The fraction of sp³-hybridized carbons (Fsp3) is 0.0492. The molecule has 0 saturated heterocycles. The summed E-state index contributed by atoms with van der Waals surface area (Å²) >= 11 is 0. The van der Waals surface area contributed by atoms with Crippen molar-refractivity contribution in [2.45, 2.75) is 19.3 Å². The van der Waals surface area contributed by atoms with Crippen LogP contribution in [0.1, 0.15) is 25.0 Å². The predicted molar refractivity (Wildman–Crippen MR) is 269 cm³/mol. The smallest absolute Gasteiger partial charge is 0.143 e. The minimum atomic E-state index is -0.0253. The van der Waals surface area contributed by atoms with E-state index in [1.54, 1.807) is 0 Å². The zero-order chi connectivity index (χ0) is 42.5. The Labute approximate surface area is 371 Å². The van der Waals surface area contributed by atoms with Crippen LogP contribution in [0.15, 0.2) is 223 Å². The Morgan fingerprint density at radius 2 is 1.02 bits per heavy atom. The van der Waals surface area contributed by atoms with Gasteiger partial charge in [0.2, 0.25) is 0 Å². The SMILES string of the molecule is CC1(C)c2ccccc2-c2cc(-c3ccc(N(c4ccc(-c5cccc6c5oc5c7ccccc7ccc65)cc4)c4cccc5c4c4ccccc4n5-c4ccccc4)cc3)ccc21. The maximum Gasteiger partial charge on any atom is 0.143 e. The summed E-state index contributed by atoms with van der Waals surface area (Å²) in [6, 6.07) is 79.6. The molecule has 3 nitrogen and oxygen atoms in total. The summed E-state index contributed by atoms with van der Waals surface area (Å²) in [7, 11) is 0. The molecular weight excluding hydrogens is 777 g/mol. The number of aromatic nitrogens is 1. The van der Waals surface area contributed by atoms with Crippen molar-refractivity contribution in [1.82, 2.24) is 4.57 Å². The third kappa shape index (κ3) is 5.41. The van der Waals surface area contributed by atoms with Gasteiger partial charge in [-0.3, -0.25) is 0 Å². The van der Waals surface area contributed by atoms with Crippen LogP contribution < -0.4 is 4.90 Å². The molecule has 1 aliphatic carbocycles. The van der Waals surface area contributed by atoms with E-state index in [9.17, 15) is 0 Å². The number of hydrogen-bond acceptors (Lipinski definition) is 2. The molecule has 2 heterocycles. The molecule has 13 rings (SSSR count). The zero-order valence-electron chi connectivity index (χ0n) is 35.6. The van der Waals surface area contributed by atoms with E-state index in [0.717, 1.165) is 66.7 Å². The van der Waals surface area contributed by atoms with Crippen LogP contribution >= 0.6 is 0 Å². The summed E-state index contributed by atoms with van der Waals surface area (Å²) in [5, 5.41) is 6.99. The summed E-state index contributed by atoms with van der Waals surface area (Å²) in [4.78, 5) is 2.42. The number of furan rings is 1. The molecule has 0 unspecified atom stereocenters. The average molecular weight is 819 g/mol. The standard InChI is InChI=1S/C61H42N2O/c1-61(2)53-22-10-8-18-48(53)52-38-42(31-37-54(52)61)39-26-32-44(33-27-39)62(56-24-13-25-57-58(56)51-19-9-11-23-55(51)63(57)43-15-4-3-5-16-43)45-34-28-41(29-35-45)47-20-12-21-49-50-36-30-40-14-6-7-17-46(40)60(50)64-59(47)49/h3-38H,1-2H3. The molecule has 0 radical (unpaired) electrons. The Balaban J connectivity index is 0.969. The van der Waals surface area contributed by atoms with Crippen LogP contribution in [-0.4, -0.2) is 4.57 Å². The lowest BCUT2D eigenvalue weighted by molar-refractivity contribution is 0.660. The maximum absolute atomic E-state index is 6.78. The number of anilines is 3. The van der Waals surface area contributed by atoms with Crippen molar-refractivity contribution in [3.05, 3.63) is 230 Å². The molecule has 0 amide bonds. The topological polar surface area (TPSA) is 21.3 Å². The molecule has 0 fully saturated rings. The minimum Gasteiger partial charge on any atom is -0.455 e. The fourth-order valence-corrected chi connectivity index (χ4v) is 10.7. The molecular formula is C61H42N2O. The normalized spacial score (nSPS) is 13.0. The lowest BCUT2D eigenvalue weighted by atomic mass is 9.82. The van der Waals surface area contributed by atoms with Crippen LogP contribution in [0.25, 0.3) is 93.6 Å². The maximum atomic E-state index is 6.78. The van der Waals surface area contributed by atoms with Gasteiger partial charge in [-0.05, 0) is 111 Å². The molecule has 0 N–H and O–H groups in total. The molecule has 0 saturated carbocycles. The van der Waals surface area contributed by atoms with Gasteiger partial charge in [0.15, 0.2) is 0 Å². The van der Waals surface area contributed by atoms with Crippen molar-refractivity contribution < 1.29 is 4.42 Å². The number of hydrogen-bond donors (Lipinski definition) is 0. The van der Waals surface area contributed by atoms with Crippen LogP contribution in [0, 0.1) is 0 Å². The van der Waals surface area contributed by atoms with Crippen molar-refractivity contribution >= 4 is 71.6 Å². The van der Waals surface area contributed by atoms with Gasteiger partial charge in [-0.15, -0.1) is 0 Å². The van der Waals surface area contributed by atoms with E-state index < -0.39 is 0 Å². The van der Waals surface area contributed by atoms with Crippen LogP contribution in [0.5, 0.6) is 0 Å². The Hall–Kier alpha value is -8.14. The predicted octanol–water partition coefficient (Wildman–Crippen LogP) is 16.9. The zero-order valence-corrected chi connectivity index (χ0v) is 35.6. The van der Waals surface area contributed by atoms with Crippen molar-refractivity contribution in [2.24, 2.45) is 0 Å². The molecule has 0 atom stereocenters. The van der Waals surface area contributed by atoms with Crippen LogP contribution in [-0.2, 0) is 5.41 Å². The first-order chi connectivity index (χ1) is 31.5. The molecule has 10 aromatic carbocycles. The largest absolute Gasteiger partial charge is 0.455 e. The summed E-state index contributed by atoms with van der Waals surface area (Å²) in [5.41, 5.74) is 18.6. The Bertz CT molecular complexity index is 3800. The molecule has 2 aromatic heterocycles. The number of rotatable bonds is 6. The lowest BCUT2D eigenvalue weighted by Crippen LogP contribution is -2.14. The van der Waals surface area contributed by atoms with Gasteiger partial charge in [0.25, 0.3) is 0 Å². The first kappa shape index (κ1) is 36.5. The second-order valence-corrected chi connectivity index (χ2v) is 17.7. The highest BCUT2D eigenvalue weighted by molar-refractivity contribution is 6.18. The highest BCUT2D eigenvalue weighted by atomic mass is 16.3. The number of para-hydroxylation sites is 3. The molecule has 0 aliphatic heterocycles. The van der Waals surface area contributed by atoms with Crippen molar-refractivity contribution in [3.63, 3.8) is 0 Å². The van der Waals surface area contributed by atoms with Crippen molar-refractivity contribution in [2.75, 3.05) is 4.90 Å². The van der Waals surface area contributed by atoms with Crippen LogP contribution in [0.4, 0.5) is 17.1 Å². The van der Waals surface area contributed by atoms with Gasteiger partial charge in [-0.25, -0.2) is 0 Å². The molecule has 0 spiro atoms. The molecule has 64 heavy (non-hydrogen) atoms. The molecule has 0 bridgehead atoms. The quantitative estimate of drug-likeness (QED) is 0.167. The van der Waals surface area contributed by atoms with Gasteiger partial charge in [0.1, 0.15) is 11.2 Å². The van der Waals surface area contributed by atoms with Gasteiger partial charge < -0.3 is 13.9 Å². The van der Waals surface area contributed by atoms with Crippen molar-refractivity contribution in [1.29, 1.82) is 0 Å². The summed E-state index contributed by atoms with van der Waals surface area (Å²) < 4.78 is 9.17. The number of benzene rings is 10. The average Bonchev–Trinajstić information content (AvgIpc) is 3.98. The third-order valence-electron chi connectivity index (χ3n) is 13.8. The van der Waals surface area contributed by atoms with E-state index in [4.69, 9.17) is 4.42 Å². The van der Waals surface area contributed by atoms with E-state index in [-0.39, 0.29) is 5.41 Å². The molecule has 1 aliphatic rings. The summed E-state index contributed by atoms with van der Waals surface area (Å²) in [6.45, 7) is 4.68. The van der Waals surface area contributed by atoms with Gasteiger partial charge in [-0.1, -0.05) is 166 Å². The van der Waals surface area contributed by atoms with Crippen molar-refractivity contribution in [3.8, 4) is 39.1 Å². The second-order valence-electron chi connectivity index (χ2n) is 17.7. The molecule has 12 aromatic rings. The first-order valence-corrected chi connectivity index (χ1v) is 22.2. The lowest BCUT2D eigenvalue weighted by Gasteiger charge is -2.27. The minimum absolute atomic E-state index is 0.0253. The van der Waals surface area contributed by atoms with Crippen LogP contribution in [0.2, 0.25) is 0 Å². The van der Waals surface area contributed by atoms with Gasteiger partial charge in [0.05, 0.1) is 16.7 Å². The first-order valence-electron chi connectivity index (χ1n) is 22.2. The van der Waals surface area contributed by atoms with E-state index in [0.29, 0.717) is 0 Å². The van der Waals surface area contributed by atoms with Gasteiger partial charge >= 0.3 is 0 Å². The highest BCUT2D eigenvalue weighted by Crippen LogP contribution is 2.50. The molecule has 302 valence electrons. The number of fused-ring (bicyclic) bond motifs is 11. The number of nitrogens with zero attached hydrogens (tertiary/aromatic N) is 2. The highest BCUT2D eigenvalue weighted by Gasteiger charge is 2.35. The Morgan fingerprint density at radius 3 is 1.84 bits per heavy atom. The summed E-state index contributed by atoms with van der Waals surface area (Å²) in [5.74, 6) is 0. The second kappa shape index (κ2) is 13.9. The Morgan fingerprint density at radius 1 is 0.406 bits per heavy atom. The molecule has 3 heteroatoms. The monoisotopic (exact) mass is 818 g/mol. The Kier molecular flexibility index (Phi) is 7.95. The fourth-order valence-electron chi connectivity index (χ4n) is 10.7. The van der Waals surface area contributed by atoms with E-state index in [1.807, 2.05) is 0 Å². The van der Waals surface area contributed by atoms with Gasteiger partial charge in [0, 0.05) is 55.0 Å². The van der Waals surface area contributed by atoms with Crippen LogP contribution in [0.3, 0.4) is 0 Å². The van der Waals surface area contributed by atoms with E-state index >= 15 is 0 Å². The van der Waals surface area contributed by atoms with Gasteiger partial charge in [-0.2, -0.15) is 0 Å². The summed E-state index contributed by atoms with van der Waals surface area (Å²) in [6.07, 6.45) is 0. The van der Waals surface area contributed by atoms with E-state index in [2.05, 4.69) is 242 Å². The third-order valence-corrected chi connectivity index (χ3v) is 13.8. The van der Waals surface area contributed by atoms with E-state index in [1.165, 1.54) is 55.1 Å².